The van der Waals surface area contributed by atoms with E-state index < -0.39 is 5.97 Å². The first-order valence-corrected chi connectivity index (χ1v) is 6.13. The molecule has 5 heteroatoms. The third kappa shape index (κ3) is 4.53. The largest absolute Gasteiger partial charge is 1.00 e. The van der Waals surface area contributed by atoms with Gasteiger partial charge in [0.2, 0.25) is 0 Å². The predicted octanol–water partition coefficient (Wildman–Crippen LogP) is -0.405. The Labute approximate surface area is 144 Å². The topological polar surface area (TPSA) is 49.4 Å². The summed E-state index contributed by atoms with van der Waals surface area (Å²) in [4.78, 5) is 10.6. The number of rotatable bonds is 4. The zero-order valence-corrected chi connectivity index (χ0v) is 14.1. The predicted molar refractivity (Wildman–Crippen MR) is 71.3 cm³/mol. The molecule has 0 radical (unpaired) electrons. The summed E-state index contributed by atoms with van der Waals surface area (Å²) in [6.07, 6.45) is 0. The SMILES string of the molecule is Cc1cc(OCc2ccc(C(=O)[O-])cc2)ccc1Cl.[Na+]. The molecule has 0 bridgehead atoms. The Hall–Kier alpha value is -1.000. The summed E-state index contributed by atoms with van der Waals surface area (Å²) in [7, 11) is 0. The normalized spacial score (nSPS) is 9.70. The monoisotopic (exact) mass is 298 g/mol. The summed E-state index contributed by atoms with van der Waals surface area (Å²) in [5, 5.41) is 11.3. The van der Waals surface area contributed by atoms with E-state index in [9.17, 15) is 9.90 Å². The van der Waals surface area contributed by atoms with Gasteiger partial charge in [-0.05, 0) is 41.8 Å². The molecule has 0 N–H and O–H groups in total. The van der Waals surface area contributed by atoms with Crippen molar-refractivity contribution < 1.29 is 44.2 Å². The number of carboxylic acids is 1. The van der Waals surface area contributed by atoms with Gasteiger partial charge in [0.1, 0.15) is 12.4 Å². The molecule has 2 rings (SSSR count). The molecule has 0 fully saturated rings. The molecule has 0 saturated heterocycles. The molecule has 0 aliphatic heterocycles. The van der Waals surface area contributed by atoms with Gasteiger partial charge in [-0.25, -0.2) is 0 Å². The molecule has 2 aromatic carbocycles. The molecule has 0 unspecified atom stereocenters. The Bertz CT molecular complexity index is 597. The summed E-state index contributed by atoms with van der Waals surface area (Å²) < 4.78 is 5.61. The van der Waals surface area contributed by atoms with Gasteiger partial charge in [-0.3, -0.25) is 0 Å². The summed E-state index contributed by atoms with van der Waals surface area (Å²) >= 11 is 5.93. The molecule has 0 saturated carbocycles. The van der Waals surface area contributed by atoms with Crippen molar-refractivity contribution in [1.82, 2.24) is 0 Å². The van der Waals surface area contributed by atoms with Crippen molar-refractivity contribution in [1.29, 1.82) is 0 Å². The zero-order valence-electron chi connectivity index (χ0n) is 11.4. The standard InChI is InChI=1S/C15H13ClO3.Na/c1-10-8-13(6-7-14(10)16)19-9-11-2-4-12(5-3-11)15(17)18;/h2-8H,9H2,1H3,(H,17,18);/q;+1/p-1. The van der Waals surface area contributed by atoms with Crippen molar-refractivity contribution in [2.24, 2.45) is 0 Å². The van der Waals surface area contributed by atoms with E-state index in [-0.39, 0.29) is 35.1 Å². The Morgan fingerprint density at radius 3 is 2.40 bits per heavy atom. The number of hydrogen-bond acceptors (Lipinski definition) is 3. The van der Waals surface area contributed by atoms with E-state index in [1.165, 1.54) is 12.1 Å². The van der Waals surface area contributed by atoms with Crippen LogP contribution in [0.2, 0.25) is 5.02 Å². The van der Waals surface area contributed by atoms with Crippen LogP contribution in [0.5, 0.6) is 5.75 Å². The number of benzene rings is 2. The average molecular weight is 299 g/mol. The average Bonchev–Trinajstić information content (AvgIpc) is 2.40. The molecule has 3 nitrogen and oxygen atoms in total. The number of hydrogen-bond donors (Lipinski definition) is 0. The quantitative estimate of drug-likeness (QED) is 0.722. The number of aryl methyl sites for hydroxylation is 1. The van der Waals surface area contributed by atoms with Crippen LogP contribution in [0.25, 0.3) is 0 Å². The van der Waals surface area contributed by atoms with Crippen LogP contribution in [0.1, 0.15) is 21.5 Å². The van der Waals surface area contributed by atoms with E-state index in [1.807, 2.05) is 13.0 Å². The van der Waals surface area contributed by atoms with Crippen molar-refractivity contribution in [3.05, 3.63) is 64.2 Å². The minimum atomic E-state index is -1.18. The second kappa shape index (κ2) is 7.70. The van der Waals surface area contributed by atoms with Gasteiger partial charge in [-0.2, -0.15) is 0 Å². The van der Waals surface area contributed by atoms with E-state index in [0.717, 1.165) is 16.9 Å². The molecule has 0 atom stereocenters. The van der Waals surface area contributed by atoms with Gasteiger partial charge in [0.15, 0.2) is 0 Å². The fraction of sp³-hybridized carbons (Fsp3) is 0.133. The molecule has 0 amide bonds. The van der Waals surface area contributed by atoms with Crippen LogP contribution < -0.4 is 39.4 Å². The first kappa shape index (κ1) is 17.1. The molecular formula is C15H12ClNaO3. The van der Waals surface area contributed by atoms with Crippen LogP contribution in [0.4, 0.5) is 0 Å². The maximum Gasteiger partial charge on any atom is 1.00 e. The summed E-state index contributed by atoms with van der Waals surface area (Å²) in [5.74, 6) is -0.452. The van der Waals surface area contributed by atoms with Crippen molar-refractivity contribution in [2.45, 2.75) is 13.5 Å². The summed E-state index contributed by atoms with van der Waals surface area (Å²) in [6.45, 7) is 2.28. The number of halogens is 1. The van der Waals surface area contributed by atoms with Crippen LogP contribution >= 0.6 is 11.6 Å². The second-order valence-electron chi connectivity index (χ2n) is 4.18. The van der Waals surface area contributed by atoms with Gasteiger partial charge in [0.05, 0.1) is 5.97 Å². The van der Waals surface area contributed by atoms with Gasteiger partial charge in [0, 0.05) is 5.02 Å². The van der Waals surface area contributed by atoms with Gasteiger partial charge >= 0.3 is 29.6 Å². The molecule has 20 heavy (non-hydrogen) atoms. The Morgan fingerprint density at radius 2 is 1.85 bits per heavy atom. The Kier molecular flexibility index (Phi) is 6.56. The molecule has 0 aromatic heterocycles. The number of ether oxygens (including phenoxy) is 1. The second-order valence-corrected chi connectivity index (χ2v) is 4.59. The van der Waals surface area contributed by atoms with Crippen LogP contribution in [0.15, 0.2) is 42.5 Å². The maximum atomic E-state index is 10.6. The van der Waals surface area contributed by atoms with Crippen LogP contribution in [0.3, 0.4) is 0 Å². The van der Waals surface area contributed by atoms with E-state index in [1.54, 1.807) is 24.3 Å². The number of carbonyl (C=O) groups excluding carboxylic acids is 1. The third-order valence-electron chi connectivity index (χ3n) is 2.72. The molecule has 98 valence electrons. The van der Waals surface area contributed by atoms with Gasteiger partial charge in [-0.15, -0.1) is 0 Å². The van der Waals surface area contributed by atoms with Crippen molar-refractivity contribution in [2.75, 3.05) is 0 Å². The maximum absolute atomic E-state index is 10.6. The van der Waals surface area contributed by atoms with Crippen molar-refractivity contribution in [3.63, 3.8) is 0 Å². The summed E-state index contributed by atoms with van der Waals surface area (Å²) in [5.41, 5.74) is 2.00. The first-order valence-electron chi connectivity index (χ1n) is 5.75. The van der Waals surface area contributed by atoms with Crippen molar-refractivity contribution in [3.8, 4) is 5.75 Å². The fourth-order valence-electron chi connectivity index (χ4n) is 1.61. The third-order valence-corrected chi connectivity index (χ3v) is 3.15. The Balaban J connectivity index is 0.00000200. The van der Waals surface area contributed by atoms with E-state index in [4.69, 9.17) is 16.3 Å². The zero-order chi connectivity index (χ0) is 13.8. The van der Waals surface area contributed by atoms with Crippen LogP contribution in [0, 0.1) is 6.92 Å². The molecule has 0 heterocycles. The van der Waals surface area contributed by atoms with E-state index in [2.05, 4.69) is 0 Å². The molecule has 0 spiro atoms. The molecule has 0 aliphatic rings. The van der Waals surface area contributed by atoms with E-state index >= 15 is 0 Å². The van der Waals surface area contributed by atoms with Gasteiger partial charge < -0.3 is 14.6 Å². The number of carbonyl (C=O) groups is 1. The van der Waals surface area contributed by atoms with E-state index in [0.29, 0.717) is 11.6 Å². The van der Waals surface area contributed by atoms with Crippen molar-refractivity contribution >= 4 is 17.6 Å². The van der Waals surface area contributed by atoms with Gasteiger partial charge in [-0.1, -0.05) is 35.9 Å². The summed E-state index contributed by atoms with van der Waals surface area (Å²) in [6, 6.07) is 11.8. The van der Waals surface area contributed by atoms with Crippen LogP contribution in [-0.4, -0.2) is 5.97 Å². The molecule has 2 aromatic rings. The van der Waals surface area contributed by atoms with Crippen LogP contribution in [-0.2, 0) is 6.61 Å². The smallest absolute Gasteiger partial charge is 0.545 e. The minimum Gasteiger partial charge on any atom is -0.545 e. The minimum absolute atomic E-state index is 0. The molecule has 0 aliphatic carbocycles. The molecular weight excluding hydrogens is 287 g/mol. The number of aromatic carboxylic acids is 1. The fourth-order valence-corrected chi connectivity index (χ4v) is 1.73. The number of carboxylic acid groups (broad SMARTS) is 1. The first-order chi connectivity index (χ1) is 9.06. The Morgan fingerprint density at radius 1 is 1.20 bits per heavy atom. The van der Waals surface area contributed by atoms with Gasteiger partial charge in [0.25, 0.3) is 0 Å².